The Bertz CT molecular complexity index is 629. The normalized spacial score (nSPS) is 10.6. The van der Waals surface area contributed by atoms with Crippen LogP contribution in [0.3, 0.4) is 0 Å². The molecule has 106 valence electrons. The molecule has 1 aromatic carbocycles. The number of pyridine rings is 1. The van der Waals surface area contributed by atoms with Gasteiger partial charge in [0.15, 0.2) is 0 Å². The zero-order valence-electron chi connectivity index (χ0n) is 11.6. The van der Waals surface area contributed by atoms with Crippen molar-refractivity contribution in [1.29, 1.82) is 0 Å². The van der Waals surface area contributed by atoms with Gasteiger partial charge in [0.2, 0.25) is 0 Å². The Kier molecular flexibility index (Phi) is 4.79. The second-order valence-electron chi connectivity index (χ2n) is 4.36. The van der Waals surface area contributed by atoms with E-state index < -0.39 is 0 Å². The quantitative estimate of drug-likeness (QED) is 0.850. The zero-order valence-corrected chi connectivity index (χ0v) is 12.3. The molecule has 0 atom stereocenters. The van der Waals surface area contributed by atoms with Crippen LogP contribution in [-0.4, -0.2) is 24.1 Å². The van der Waals surface area contributed by atoms with Gasteiger partial charge in [-0.1, -0.05) is 18.5 Å². The van der Waals surface area contributed by atoms with Crippen LogP contribution in [0.15, 0.2) is 24.4 Å². The molecule has 0 saturated carbocycles. The van der Waals surface area contributed by atoms with E-state index in [-0.39, 0.29) is 5.97 Å². The van der Waals surface area contributed by atoms with Crippen LogP contribution in [0.4, 0.5) is 5.69 Å². The molecule has 0 unspecified atom stereocenters. The third kappa shape index (κ3) is 3.02. The fraction of sp³-hybridized carbons (Fsp3) is 0.333. The number of ether oxygens (including phenoxy) is 1. The lowest BCUT2D eigenvalue weighted by Gasteiger charge is -2.13. The van der Waals surface area contributed by atoms with E-state index in [4.69, 9.17) is 16.3 Å². The predicted molar refractivity (Wildman–Crippen MR) is 81.5 cm³/mol. The molecule has 20 heavy (non-hydrogen) atoms. The maximum atomic E-state index is 12.0. The summed E-state index contributed by atoms with van der Waals surface area (Å²) in [7, 11) is 0. The van der Waals surface area contributed by atoms with Crippen LogP contribution in [0.5, 0.6) is 0 Å². The van der Waals surface area contributed by atoms with Gasteiger partial charge in [0.05, 0.1) is 17.8 Å². The molecule has 1 aromatic heterocycles. The molecule has 0 aliphatic heterocycles. The molecule has 2 aromatic rings. The second kappa shape index (κ2) is 6.57. The lowest BCUT2D eigenvalue weighted by Crippen LogP contribution is -2.11. The molecule has 0 aliphatic carbocycles. The van der Waals surface area contributed by atoms with Crippen molar-refractivity contribution in [2.45, 2.75) is 20.3 Å². The molecule has 0 amide bonds. The minimum absolute atomic E-state index is 0.333. The van der Waals surface area contributed by atoms with E-state index in [0.29, 0.717) is 17.2 Å². The fourth-order valence-corrected chi connectivity index (χ4v) is 2.14. The molecule has 0 radical (unpaired) electrons. The van der Waals surface area contributed by atoms with Gasteiger partial charge >= 0.3 is 5.97 Å². The van der Waals surface area contributed by atoms with Gasteiger partial charge in [-0.2, -0.15) is 0 Å². The van der Waals surface area contributed by atoms with E-state index in [0.717, 1.165) is 29.6 Å². The Morgan fingerprint density at radius 2 is 2.20 bits per heavy atom. The van der Waals surface area contributed by atoms with Crippen molar-refractivity contribution in [3.63, 3.8) is 0 Å². The predicted octanol–water partition coefficient (Wildman–Crippen LogP) is 3.89. The number of hydrogen-bond acceptors (Lipinski definition) is 4. The fourth-order valence-electron chi connectivity index (χ4n) is 1.97. The van der Waals surface area contributed by atoms with Crippen LogP contribution >= 0.6 is 11.6 Å². The number of aromatic nitrogens is 1. The highest BCUT2D eigenvalue weighted by atomic mass is 35.5. The van der Waals surface area contributed by atoms with Crippen molar-refractivity contribution in [3.05, 3.63) is 35.0 Å². The van der Waals surface area contributed by atoms with Gasteiger partial charge < -0.3 is 10.1 Å². The molecular formula is C15H17ClN2O2. The Hall–Kier alpha value is -1.81. The first-order valence-electron chi connectivity index (χ1n) is 6.66. The number of anilines is 1. The maximum absolute atomic E-state index is 12.0. The molecule has 0 fully saturated rings. The summed E-state index contributed by atoms with van der Waals surface area (Å²) in [5, 5.41) is 4.71. The van der Waals surface area contributed by atoms with Crippen molar-refractivity contribution in [2.24, 2.45) is 0 Å². The molecular weight excluding hydrogens is 276 g/mol. The van der Waals surface area contributed by atoms with Crippen LogP contribution < -0.4 is 5.32 Å². The van der Waals surface area contributed by atoms with E-state index >= 15 is 0 Å². The average molecular weight is 293 g/mol. The Labute approximate surface area is 123 Å². The summed E-state index contributed by atoms with van der Waals surface area (Å²) in [6.45, 7) is 4.94. The number of halogens is 1. The highest BCUT2D eigenvalue weighted by molar-refractivity contribution is 6.31. The van der Waals surface area contributed by atoms with E-state index in [9.17, 15) is 4.79 Å². The standard InChI is InChI=1S/C15H17ClN2O2/c1-3-7-17-14-11-8-10(16)5-6-13(11)18-9-12(14)15(19)20-4-2/h5-6,8-9H,3-4,7H2,1-2H3,(H,17,18). The second-order valence-corrected chi connectivity index (χ2v) is 4.79. The molecule has 0 saturated heterocycles. The van der Waals surface area contributed by atoms with Crippen LogP contribution in [0, 0.1) is 0 Å². The first-order chi connectivity index (χ1) is 9.67. The number of carbonyl (C=O) groups is 1. The maximum Gasteiger partial charge on any atom is 0.341 e. The van der Waals surface area contributed by atoms with Gasteiger partial charge in [0.25, 0.3) is 0 Å². The largest absolute Gasteiger partial charge is 0.462 e. The van der Waals surface area contributed by atoms with Crippen LogP contribution in [0.25, 0.3) is 10.9 Å². The van der Waals surface area contributed by atoms with Crippen molar-refractivity contribution < 1.29 is 9.53 Å². The number of nitrogens with zero attached hydrogens (tertiary/aromatic N) is 1. The van der Waals surface area contributed by atoms with Gasteiger partial charge in [-0.25, -0.2) is 4.79 Å². The van der Waals surface area contributed by atoms with Crippen molar-refractivity contribution in [1.82, 2.24) is 4.98 Å². The molecule has 5 heteroatoms. The Balaban J connectivity index is 2.58. The average Bonchev–Trinajstić information content (AvgIpc) is 2.44. The van der Waals surface area contributed by atoms with Gasteiger partial charge in [-0.3, -0.25) is 4.98 Å². The third-order valence-electron chi connectivity index (χ3n) is 2.88. The van der Waals surface area contributed by atoms with Crippen LogP contribution in [-0.2, 0) is 4.74 Å². The van der Waals surface area contributed by atoms with Gasteiger partial charge in [0.1, 0.15) is 5.56 Å². The van der Waals surface area contributed by atoms with E-state index in [1.807, 2.05) is 12.1 Å². The van der Waals surface area contributed by atoms with Gasteiger partial charge in [0, 0.05) is 23.2 Å². The monoisotopic (exact) mass is 292 g/mol. The molecule has 1 heterocycles. The molecule has 0 bridgehead atoms. The number of esters is 1. The van der Waals surface area contributed by atoms with E-state index in [2.05, 4.69) is 17.2 Å². The summed E-state index contributed by atoms with van der Waals surface area (Å²) >= 11 is 6.05. The number of nitrogens with one attached hydrogen (secondary N) is 1. The smallest absolute Gasteiger partial charge is 0.341 e. The SMILES string of the molecule is CCCNc1c(C(=O)OCC)cnc2ccc(Cl)cc12. The first kappa shape index (κ1) is 14.6. The Morgan fingerprint density at radius 1 is 1.40 bits per heavy atom. The van der Waals surface area contributed by atoms with E-state index in [1.165, 1.54) is 0 Å². The molecule has 2 rings (SSSR count). The lowest BCUT2D eigenvalue weighted by atomic mass is 10.1. The van der Waals surface area contributed by atoms with Gasteiger partial charge in [-0.05, 0) is 31.5 Å². The minimum atomic E-state index is -0.375. The molecule has 4 nitrogen and oxygen atoms in total. The minimum Gasteiger partial charge on any atom is -0.462 e. The summed E-state index contributed by atoms with van der Waals surface area (Å²) in [6.07, 6.45) is 2.50. The number of hydrogen-bond donors (Lipinski definition) is 1. The number of benzene rings is 1. The highest BCUT2D eigenvalue weighted by Gasteiger charge is 2.16. The zero-order chi connectivity index (χ0) is 14.5. The Morgan fingerprint density at radius 3 is 2.90 bits per heavy atom. The first-order valence-corrected chi connectivity index (χ1v) is 7.04. The van der Waals surface area contributed by atoms with E-state index in [1.54, 1.807) is 19.2 Å². The summed E-state index contributed by atoms with van der Waals surface area (Å²) in [6, 6.07) is 5.43. The number of carbonyl (C=O) groups excluding carboxylic acids is 1. The van der Waals surface area contributed by atoms with Crippen molar-refractivity contribution >= 4 is 34.2 Å². The molecule has 0 aliphatic rings. The van der Waals surface area contributed by atoms with Crippen LogP contribution in [0.2, 0.25) is 5.02 Å². The summed E-state index contributed by atoms with van der Waals surface area (Å²) in [4.78, 5) is 16.3. The summed E-state index contributed by atoms with van der Waals surface area (Å²) in [5.74, 6) is -0.375. The lowest BCUT2D eigenvalue weighted by molar-refractivity contribution is 0.0527. The van der Waals surface area contributed by atoms with Crippen molar-refractivity contribution in [3.8, 4) is 0 Å². The highest BCUT2D eigenvalue weighted by Crippen LogP contribution is 2.29. The summed E-state index contributed by atoms with van der Waals surface area (Å²) < 4.78 is 5.08. The van der Waals surface area contributed by atoms with Crippen LogP contribution in [0.1, 0.15) is 30.6 Å². The summed E-state index contributed by atoms with van der Waals surface area (Å²) in [5.41, 5.74) is 1.97. The molecule has 1 N–H and O–H groups in total. The molecule has 0 spiro atoms. The number of rotatable bonds is 5. The number of fused-ring (bicyclic) bond motifs is 1. The van der Waals surface area contributed by atoms with Gasteiger partial charge in [-0.15, -0.1) is 0 Å². The topological polar surface area (TPSA) is 51.2 Å². The van der Waals surface area contributed by atoms with Crippen molar-refractivity contribution in [2.75, 3.05) is 18.5 Å². The third-order valence-corrected chi connectivity index (χ3v) is 3.11.